The molecule has 0 aliphatic carbocycles. The number of nitriles is 2. The Labute approximate surface area is 200 Å². The molecular formula is C26H30N8. The van der Waals surface area contributed by atoms with Crippen LogP contribution >= 0.6 is 0 Å². The molecule has 2 aliphatic heterocycles. The number of hydrogen-bond acceptors (Lipinski definition) is 7. The second kappa shape index (κ2) is 10.2. The first-order valence-corrected chi connectivity index (χ1v) is 12.2. The monoisotopic (exact) mass is 454 g/mol. The first kappa shape index (κ1) is 22.3. The molecule has 3 N–H and O–H groups in total. The average molecular weight is 455 g/mol. The summed E-state index contributed by atoms with van der Waals surface area (Å²) in [6.07, 6.45) is 7.70. The van der Waals surface area contributed by atoms with Crippen LogP contribution in [0.15, 0.2) is 30.6 Å². The van der Waals surface area contributed by atoms with Crippen molar-refractivity contribution < 1.29 is 0 Å². The third kappa shape index (κ3) is 4.61. The zero-order chi connectivity index (χ0) is 23.3. The molecule has 0 radical (unpaired) electrons. The molecule has 174 valence electrons. The lowest BCUT2D eigenvalue weighted by atomic mass is 9.96. The third-order valence-electron chi connectivity index (χ3n) is 7.13. The molecule has 34 heavy (non-hydrogen) atoms. The highest BCUT2D eigenvalue weighted by Gasteiger charge is 2.20. The van der Waals surface area contributed by atoms with Gasteiger partial charge < -0.3 is 16.0 Å². The van der Waals surface area contributed by atoms with Gasteiger partial charge in [-0.3, -0.25) is 9.67 Å². The van der Waals surface area contributed by atoms with Gasteiger partial charge in [0.15, 0.2) is 5.82 Å². The molecule has 8 heteroatoms. The lowest BCUT2D eigenvalue weighted by Gasteiger charge is -2.23. The maximum absolute atomic E-state index is 9.64. The number of anilines is 1. The summed E-state index contributed by atoms with van der Waals surface area (Å²) in [5.41, 5.74) is 3.38. The molecule has 2 aliphatic rings. The fourth-order valence-electron chi connectivity index (χ4n) is 5.18. The Morgan fingerprint density at radius 3 is 2.24 bits per heavy atom. The van der Waals surface area contributed by atoms with Gasteiger partial charge >= 0.3 is 0 Å². The van der Waals surface area contributed by atoms with Crippen molar-refractivity contribution in [3.63, 3.8) is 0 Å². The number of fused-ring (bicyclic) bond motifs is 1. The standard InChI is InChI=1S/C26H30N8/c27-12-21-15-31-16-22(13-28)25(21)20-1-2-24-23(11-20)26(32-14-18-3-7-29-8-4-18)33-34(24)17-19-5-9-30-10-6-19/h1-2,11,15-16,18-19,29-30H,3-10,14,17H2,(H,32,33). The number of hydrogen-bond donors (Lipinski definition) is 3. The number of aromatic nitrogens is 3. The van der Waals surface area contributed by atoms with Gasteiger partial charge in [-0.2, -0.15) is 15.6 Å². The molecular weight excluding hydrogens is 424 g/mol. The quantitative estimate of drug-likeness (QED) is 0.524. The molecule has 1 aromatic carbocycles. The van der Waals surface area contributed by atoms with E-state index >= 15 is 0 Å². The number of pyridine rings is 1. The number of nitrogens with zero attached hydrogens (tertiary/aromatic N) is 5. The minimum absolute atomic E-state index is 0.407. The fraction of sp³-hybridized carbons (Fsp3) is 0.462. The van der Waals surface area contributed by atoms with Gasteiger partial charge in [0.1, 0.15) is 12.1 Å². The summed E-state index contributed by atoms with van der Waals surface area (Å²) >= 11 is 0. The van der Waals surface area contributed by atoms with Crippen molar-refractivity contribution in [2.45, 2.75) is 32.2 Å². The predicted octanol–water partition coefficient (Wildman–Crippen LogP) is 3.25. The summed E-state index contributed by atoms with van der Waals surface area (Å²) in [4.78, 5) is 4.06. The molecule has 2 fully saturated rings. The Kier molecular flexibility index (Phi) is 6.71. The number of rotatable bonds is 6. The summed E-state index contributed by atoms with van der Waals surface area (Å²) in [6.45, 7) is 6.05. The molecule has 0 atom stereocenters. The molecule has 0 spiro atoms. The molecule has 8 nitrogen and oxygen atoms in total. The van der Waals surface area contributed by atoms with E-state index in [1.807, 2.05) is 6.07 Å². The van der Waals surface area contributed by atoms with Gasteiger partial charge in [-0.05, 0) is 81.4 Å². The van der Waals surface area contributed by atoms with E-state index in [0.717, 1.165) is 74.4 Å². The molecule has 4 heterocycles. The normalized spacial score (nSPS) is 17.4. The lowest BCUT2D eigenvalue weighted by Crippen LogP contribution is -2.31. The second-order valence-electron chi connectivity index (χ2n) is 9.36. The highest BCUT2D eigenvalue weighted by atomic mass is 15.3. The molecule has 0 amide bonds. The average Bonchev–Trinajstić information content (AvgIpc) is 3.24. The minimum atomic E-state index is 0.407. The van der Waals surface area contributed by atoms with E-state index in [2.05, 4.69) is 49.9 Å². The highest BCUT2D eigenvalue weighted by molar-refractivity contribution is 5.94. The summed E-state index contributed by atoms with van der Waals surface area (Å²) in [5.74, 6) is 2.12. The van der Waals surface area contributed by atoms with Gasteiger partial charge in [0.05, 0.1) is 16.6 Å². The first-order valence-electron chi connectivity index (χ1n) is 12.2. The van der Waals surface area contributed by atoms with E-state index in [-0.39, 0.29) is 0 Å². The Morgan fingerprint density at radius 2 is 1.59 bits per heavy atom. The van der Waals surface area contributed by atoms with E-state index < -0.39 is 0 Å². The molecule has 0 unspecified atom stereocenters. The molecule has 0 saturated carbocycles. The minimum Gasteiger partial charge on any atom is -0.368 e. The lowest BCUT2D eigenvalue weighted by molar-refractivity contribution is 0.325. The Balaban J connectivity index is 1.53. The molecule has 5 rings (SSSR count). The van der Waals surface area contributed by atoms with Crippen molar-refractivity contribution in [1.29, 1.82) is 10.5 Å². The van der Waals surface area contributed by atoms with Gasteiger partial charge in [0, 0.05) is 36.4 Å². The summed E-state index contributed by atoms with van der Waals surface area (Å²) in [5, 5.41) is 35.8. The summed E-state index contributed by atoms with van der Waals surface area (Å²) < 4.78 is 2.14. The zero-order valence-corrected chi connectivity index (χ0v) is 19.3. The van der Waals surface area contributed by atoms with Crippen LogP contribution in [0.3, 0.4) is 0 Å². The Morgan fingerprint density at radius 1 is 0.941 bits per heavy atom. The van der Waals surface area contributed by atoms with Crippen LogP contribution in [0.5, 0.6) is 0 Å². The predicted molar refractivity (Wildman–Crippen MR) is 132 cm³/mol. The number of nitrogens with one attached hydrogen (secondary N) is 3. The number of piperidine rings is 2. The van der Waals surface area contributed by atoms with Crippen molar-refractivity contribution in [3.05, 3.63) is 41.7 Å². The van der Waals surface area contributed by atoms with Gasteiger partial charge in [0.2, 0.25) is 0 Å². The third-order valence-corrected chi connectivity index (χ3v) is 7.13. The van der Waals surface area contributed by atoms with Crippen molar-refractivity contribution in [3.8, 4) is 23.3 Å². The van der Waals surface area contributed by atoms with Crippen molar-refractivity contribution in [1.82, 2.24) is 25.4 Å². The summed E-state index contributed by atoms with van der Waals surface area (Å²) in [6, 6.07) is 10.5. The van der Waals surface area contributed by atoms with Crippen LogP contribution in [-0.2, 0) is 6.54 Å². The van der Waals surface area contributed by atoms with Crippen molar-refractivity contribution in [2.24, 2.45) is 11.8 Å². The second-order valence-corrected chi connectivity index (χ2v) is 9.36. The fourth-order valence-corrected chi connectivity index (χ4v) is 5.18. The van der Waals surface area contributed by atoms with Crippen molar-refractivity contribution in [2.75, 3.05) is 38.0 Å². The smallest absolute Gasteiger partial charge is 0.156 e. The van der Waals surface area contributed by atoms with Crippen LogP contribution in [0, 0.1) is 34.5 Å². The van der Waals surface area contributed by atoms with Crippen LogP contribution in [0.1, 0.15) is 36.8 Å². The van der Waals surface area contributed by atoms with Gasteiger partial charge in [0.25, 0.3) is 0 Å². The van der Waals surface area contributed by atoms with Crippen LogP contribution in [0.2, 0.25) is 0 Å². The van der Waals surface area contributed by atoms with Crippen LogP contribution in [-0.4, -0.2) is 47.5 Å². The zero-order valence-electron chi connectivity index (χ0n) is 19.3. The van der Waals surface area contributed by atoms with Gasteiger partial charge in [-0.15, -0.1) is 0 Å². The van der Waals surface area contributed by atoms with E-state index in [0.29, 0.717) is 28.5 Å². The van der Waals surface area contributed by atoms with E-state index in [1.54, 1.807) is 0 Å². The Bertz CT molecular complexity index is 1200. The molecule has 2 saturated heterocycles. The van der Waals surface area contributed by atoms with E-state index in [9.17, 15) is 10.5 Å². The molecule has 3 aromatic rings. The number of benzene rings is 1. The maximum atomic E-state index is 9.64. The Hall–Kier alpha value is -3.46. The summed E-state index contributed by atoms with van der Waals surface area (Å²) in [7, 11) is 0. The van der Waals surface area contributed by atoms with Gasteiger partial charge in [-0.25, -0.2) is 0 Å². The maximum Gasteiger partial charge on any atom is 0.156 e. The van der Waals surface area contributed by atoms with Crippen LogP contribution < -0.4 is 16.0 Å². The topological polar surface area (TPSA) is 114 Å². The van der Waals surface area contributed by atoms with E-state index in [4.69, 9.17) is 5.10 Å². The van der Waals surface area contributed by atoms with Crippen LogP contribution in [0.4, 0.5) is 5.82 Å². The van der Waals surface area contributed by atoms with E-state index in [1.165, 1.54) is 25.2 Å². The largest absolute Gasteiger partial charge is 0.368 e. The van der Waals surface area contributed by atoms with Crippen molar-refractivity contribution >= 4 is 16.7 Å². The molecule has 0 bridgehead atoms. The highest BCUT2D eigenvalue weighted by Crippen LogP contribution is 2.33. The SMILES string of the molecule is N#Cc1cncc(C#N)c1-c1ccc2c(c1)c(NCC1CCNCC1)nn2CC1CCNCC1. The molecule has 2 aromatic heterocycles. The first-order chi connectivity index (χ1) is 16.8. The van der Waals surface area contributed by atoms with Crippen LogP contribution in [0.25, 0.3) is 22.0 Å². The van der Waals surface area contributed by atoms with Gasteiger partial charge in [-0.1, -0.05) is 6.07 Å².